The molecule has 0 spiro atoms. The van der Waals surface area contributed by atoms with Gasteiger partial charge in [0, 0.05) is 13.1 Å². The normalized spacial score (nSPS) is 11.0. The van der Waals surface area contributed by atoms with E-state index in [0.717, 1.165) is 0 Å². The third kappa shape index (κ3) is 5.67. The fourth-order valence-corrected chi connectivity index (χ4v) is 2.55. The first-order valence-corrected chi connectivity index (χ1v) is 7.28. The van der Waals surface area contributed by atoms with Crippen molar-refractivity contribution in [2.45, 2.75) is 5.75 Å². The molecule has 0 aliphatic rings. The SMILES string of the molecule is NC(=O)NCCNS(=O)(=O)Cc1ccc(C(=O)O)cc1. The first-order chi connectivity index (χ1) is 9.30. The number of aromatic carboxylic acids is 1. The molecule has 2 amide bonds. The zero-order valence-corrected chi connectivity index (χ0v) is 11.3. The molecule has 0 saturated heterocycles. The fourth-order valence-electron chi connectivity index (χ4n) is 1.41. The van der Waals surface area contributed by atoms with E-state index in [9.17, 15) is 18.0 Å². The van der Waals surface area contributed by atoms with Crippen molar-refractivity contribution in [2.24, 2.45) is 5.73 Å². The van der Waals surface area contributed by atoms with Crippen molar-refractivity contribution in [2.75, 3.05) is 13.1 Å². The molecule has 20 heavy (non-hydrogen) atoms. The van der Waals surface area contributed by atoms with E-state index in [0.29, 0.717) is 5.56 Å². The lowest BCUT2D eigenvalue weighted by molar-refractivity contribution is 0.0697. The maximum absolute atomic E-state index is 11.7. The Hall–Kier alpha value is -2.13. The lowest BCUT2D eigenvalue weighted by Crippen LogP contribution is -2.37. The molecule has 0 aliphatic heterocycles. The second-order valence-corrected chi connectivity index (χ2v) is 5.75. The van der Waals surface area contributed by atoms with Gasteiger partial charge in [-0.3, -0.25) is 0 Å². The van der Waals surface area contributed by atoms with Crippen molar-refractivity contribution >= 4 is 22.0 Å². The summed E-state index contributed by atoms with van der Waals surface area (Å²) in [5.74, 6) is -1.35. The molecule has 0 heterocycles. The van der Waals surface area contributed by atoms with Gasteiger partial charge < -0.3 is 16.2 Å². The minimum Gasteiger partial charge on any atom is -0.478 e. The first-order valence-electron chi connectivity index (χ1n) is 5.63. The van der Waals surface area contributed by atoms with Crippen molar-refractivity contribution in [1.29, 1.82) is 0 Å². The zero-order chi connectivity index (χ0) is 15.2. The Bertz CT molecular complexity index is 583. The smallest absolute Gasteiger partial charge is 0.335 e. The van der Waals surface area contributed by atoms with Crippen LogP contribution in [0, 0.1) is 0 Å². The summed E-state index contributed by atoms with van der Waals surface area (Å²) < 4.78 is 25.7. The molecule has 0 aromatic heterocycles. The van der Waals surface area contributed by atoms with Crippen LogP contribution in [0.15, 0.2) is 24.3 Å². The molecule has 0 aliphatic carbocycles. The molecule has 5 N–H and O–H groups in total. The highest BCUT2D eigenvalue weighted by Gasteiger charge is 2.11. The van der Waals surface area contributed by atoms with Gasteiger partial charge in [0.2, 0.25) is 10.0 Å². The molecule has 0 fully saturated rings. The number of hydrogen-bond donors (Lipinski definition) is 4. The van der Waals surface area contributed by atoms with Gasteiger partial charge in [-0.05, 0) is 17.7 Å². The van der Waals surface area contributed by atoms with Crippen molar-refractivity contribution in [3.63, 3.8) is 0 Å². The highest BCUT2D eigenvalue weighted by molar-refractivity contribution is 7.88. The minimum atomic E-state index is -3.56. The molecule has 0 unspecified atom stereocenters. The predicted molar refractivity (Wildman–Crippen MR) is 71.6 cm³/mol. The molecule has 1 aromatic rings. The highest BCUT2D eigenvalue weighted by Crippen LogP contribution is 2.07. The molecule has 0 radical (unpaired) electrons. The second-order valence-electron chi connectivity index (χ2n) is 3.95. The summed E-state index contributed by atoms with van der Waals surface area (Å²) in [5, 5.41) is 11.0. The number of rotatable bonds is 7. The molecular formula is C11H15N3O5S. The van der Waals surface area contributed by atoms with Gasteiger partial charge in [-0.25, -0.2) is 22.7 Å². The number of benzene rings is 1. The molecule has 1 aromatic carbocycles. The summed E-state index contributed by atoms with van der Waals surface area (Å²) in [4.78, 5) is 21.0. The van der Waals surface area contributed by atoms with E-state index in [2.05, 4.69) is 10.0 Å². The van der Waals surface area contributed by atoms with E-state index >= 15 is 0 Å². The number of nitrogens with one attached hydrogen (secondary N) is 2. The van der Waals surface area contributed by atoms with Gasteiger partial charge in [0.25, 0.3) is 0 Å². The molecule has 0 bridgehead atoms. The second kappa shape index (κ2) is 6.87. The van der Waals surface area contributed by atoms with Crippen LogP contribution in [0.5, 0.6) is 0 Å². The summed E-state index contributed by atoms with van der Waals surface area (Å²) in [6.45, 7) is 0.116. The number of carbonyl (C=O) groups excluding carboxylic acids is 1. The Kier molecular flexibility index (Phi) is 5.47. The minimum absolute atomic E-state index is 0.0263. The van der Waals surface area contributed by atoms with Gasteiger partial charge in [-0.15, -0.1) is 0 Å². The van der Waals surface area contributed by atoms with Crippen LogP contribution < -0.4 is 15.8 Å². The Labute approximate surface area is 116 Å². The van der Waals surface area contributed by atoms with Crippen LogP contribution in [0.4, 0.5) is 4.79 Å². The maximum atomic E-state index is 11.7. The van der Waals surface area contributed by atoms with Gasteiger partial charge in [-0.2, -0.15) is 0 Å². The van der Waals surface area contributed by atoms with E-state index in [1.807, 2.05) is 0 Å². The third-order valence-electron chi connectivity index (χ3n) is 2.30. The Balaban J connectivity index is 2.53. The summed E-state index contributed by atoms with van der Waals surface area (Å²) in [7, 11) is -3.56. The highest BCUT2D eigenvalue weighted by atomic mass is 32.2. The molecule has 0 saturated carbocycles. The van der Waals surface area contributed by atoms with Crippen LogP contribution in [0.3, 0.4) is 0 Å². The molecule has 8 nitrogen and oxygen atoms in total. The lowest BCUT2D eigenvalue weighted by atomic mass is 10.1. The van der Waals surface area contributed by atoms with Crippen LogP contribution in [-0.2, 0) is 15.8 Å². The van der Waals surface area contributed by atoms with Crippen LogP contribution in [0.1, 0.15) is 15.9 Å². The van der Waals surface area contributed by atoms with E-state index in [4.69, 9.17) is 10.8 Å². The Morgan fingerprint density at radius 3 is 2.25 bits per heavy atom. The number of sulfonamides is 1. The maximum Gasteiger partial charge on any atom is 0.335 e. The van der Waals surface area contributed by atoms with Crippen molar-refractivity contribution in [3.05, 3.63) is 35.4 Å². The number of primary amides is 1. The predicted octanol–water partition coefficient (Wildman–Crippen LogP) is -0.527. The molecule has 0 atom stereocenters. The molecule has 110 valence electrons. The van der Waals surface area contributed by atoms with Gasteiger partial charge in [0.15, 0.2) is 0 Å². The average molecular weight is 301 g/mol. The summed E-state index contributed by atoms with van der Waals surface area (Å²) >= 11 is 0. The van der Waals surface area contributed by atoms with Crippen LogP contribution >= 0.6 is 0 Å². The van der Waals surface area contributed by atoms with Gasteiger partial charge in [-0.1, -0.05) is 12.1 Å². The average Bonchev–Trinajstić information content (AvgIpc) is 2.34. The van der Waals surface area contributed by atoms with Crippen LogP contribution in [-0.4, -0.2) is 38.6 Å². The monoisotopic (exact) mass is 301 g/mol. The number of nitrogens with two attached hydrogens (primary N) is 1. The van der Waals surface area contributed by atoms with Crippen molar-refractivity contribution < 1.29 is 23.1 Å². The van der Waals surface area contributed by atoms with Crippen LogP contribution in [0.2, 0.25) is 0 Å². The largest absolute Gasteiger partial charge is 0.478 e. The number of urea groups is 1. The van der Waals surface area contributed by atoms with E-state index in [-0.39, 0.29) is 24.4 Å². The number of hydrogen-bond acceptors (Lipinski definition) is 4. The van der Waals surface area contributed by atoms with Gasteiger partial charge in [0.1, 0.15) is 0 Å². The number of amides is 2. The Morgan fingerprint density at radius 2 is 1.75 bits per heavy atom. The van der Waals surface area contributed by atoms with Gasteiger partial charge >= 0.3 is 12.0 Å². The molecule has 9 heteroatoms. The topological polar surface area (TPSA) is 139 Å². The molecule has 1 rings (SSSR count). The van der Waals surface area contributed by atoms with Crippen LogP contribution in [0.25, 0.3) is 0 Å². The number of carboxylic acid groups (broad SMARTS) is 1. The van der Waals surface area contributed by atoms with E-state index < -0.39 is 22.0 Å². The third-order valence-corrected chi connectivity index (χ3v) is 3.66. The van der Waals surface area contributed by atoms with Crippen molar-refractivity contribution in [1.82, 2.24) is 10.0 Å². The first kappa shape index (κ1) is 15.9. The van der Waals surface area contributed by atoms with E-state index in [1.54, 1.807) is 0 Å². The quantitative estimate of drug-likeness (QED) is 0.501. The lowest BCUT2D eigenvalue weighted by Gasteiger charge is -2.07. The van der Waals surface area contributed by atoms with Gasteiger partial charge in [0.05, 0.1) is 11.3 Å². The number of carbonyl (C=O) groups is 2. The fraction of sp³-hybridized carbons (Fsp3) is 0.273. The molecular weight excluding hydrogens is 286 g/mol. The van der Waals surface area contributed by atoms with Crippen molar-refractivity contribution in [3.8, 4) is 0 Å². The summed E-state index contributed by atoms with van der Waals surface area (Å²) in [5.41, 5.74) is 5.38. The van der Waals surface area contributed by atoms with E-state index in [1.165, 1.54) is 24.3 Å². The summed E-state index contributed by atoms with van der Waals surface area (Å²) in [6, 6.07) is 4.81. The zero-order valence-electron chi connectivity index (χ0n) is 10.5. The Morgan fingerprint density at radius 1 is 1.15 bits per heavy atom. The summed E-state index contributed by atoms with van der Waals surface area (Å²) in [6.07, 6.45) is 0. The number of carboxylic acids is 1. The standard InChI is InChI=1S/C11H15N3O5S/c12-11(17)13-5-6-14-20(18,19)7-8-1-3-9(4-2-8)10(15)16/h1-4,14H,5-7H2,(H,15,16)(H3,12,13,17).